The number of nitrogen functional groups attached to an aromatic ring is 1. The van der Waals surface area contributed by atoms with E-state index in [-0.39, 0.29) is 5.91 Å². The van der Waals surface area contributed by atoms with Crippen molar-refractivity contribution < 1.29 is 4.79 Å². The quantitative estimate of drug-likeness (QED) is 0.845. The molecule has 0 unspecified atom stereocenters. The van der Waals surface area contributed by atoms with Crippen LogP contribution in [0.4, 0.5) is 10.7 Å². The molecule has 16 heavy (non-hydrogen) atoms. The van der Waals surface area contributed by atoms with E-state index >= 15 is 0 Å². The maximum atomic E-state index is 11.5. The lowest BCUT2D eigenvalue weighted by Gasteiger charge is -2.18. The zero-order valence-corrected chi connectivity index (χ0v) is 11.0. The topological polar surface area (TPSA) is 58.4 Å². The van der Waals surface area contributed by atoms with Crippen LogP contribution in [0, 0.1) is 5.92 Å². The van der Waals surface area contributed by atoms with Gasteiger partial charge in [-0.05, 0) is 12.0 Å². The summed E-state index contributed by atoms with van der Waals surface area (Å²) in [5.41, 5.74) is 6.36. The van der Waals surface area contributed by atoms with Crippen LogP contribution in [0.3, 0.4) is 0 Å². The smallest absolute Gasteiger partial charge is 0.263 e. The molecule has 0 atom stereocenters. The Hall–Kier alpha value is -1.23. The SMILES string of the molecule is CNC(=O)c1sc(N(C)CC(C)C)cc1N. The highest BCUT2D eigenvalue weighted by atomic mass is 32.1. The van der Waals surface area contributed by atoms with Crippen LogP contribution in [0.15, 0.2) is 6.07 Å². The van der Waals surface area contributed by atoms with Gasteiger partial charge in [-0.3, -0.25) is 4.79 Å². The highest BCUT2D eigenvalue weighted by Crippen LogP contribution is 2.31. The standard InChI is InChI=1S/C11H19N3OS/c1-7(2)6-14(4)9-5-8(12)10(16-9)11(15)13-3/h5,7H,6,12H2,1-4H3,(H,13,15). The highest BCUT2D eigenvalue weighted by Gasteiger charge is 2.15. The summed E-state index contributed by atoms with van der Waals surface area (Å²) < 4.78 is 0. The summed E-state index contributed by atoms with van der Waals surface area (Å²) >= 11 is 1.43. The minimum Gasteiger partial charge on any atom is -0.397 e. The molecule has 0 aromatic carbocycles. The summed E-state index contributed by atoms with van der Waals surface area (Å²) in [6.07, 6.45) is 0. The van der Waals surface area contributed by atoms with E-state index in [1.54, 1.807) is 7.05 Å². The second-order valence-corrected chi connectivity index (χ2v) is 5.25. The number of rotatable bonds is 4. The van der Waals surface area contributed by atoms with Crippen LogP contribution in [0.1, 0.15) is 23.5 Å². The van der Waals surface area contributed by atoms with Gasteiger partial charge < -0.3 is 16.0 Å². The predicted molar refractivity (Wildman–Crippen MR) is 70.2 cm³/mol. The molecule has 1 amide bonds. The van der Waals surface area contributed by atoms with E-state index in [0.29, 0.717) is 16.5 Å². The van der Waals surface area contributed by atoms with Crippen molar-refractivity contribution >= 4 is 27.9 Å². The molecule has 90 valence electrons. The zero-order chi connectivity index (χ0) is 12.3. The van der Waals surface area contributed by atoms with Crippen molar-refractivity contribution in [1.29, 1.82) is 0 Å². The van der Waals surface area contributed by atoms with Crippen molar-refractivity contribution in [2.45, 2.75) is 13.8 Å². The Morgan fingerprint density at radius 3 is 2.75 bits per heavy atom. The predicted octanol–water partition coefficient (Wildman–Crippen LogP) is 1.78. The first-order valence-electron chi connectivity index (χ1n) is 5.28. The molecule has 0 fully saturated rings. The van der Waals surface area contributed by atoms with E-state index in [0.717, 1.165) is 11.5 Å². The van der Waals surface area contributed by atoms with Gasteiger partial charge in [-0.25, -0.2) is 0 Å². The second-order valence-electron chi connectivity index (χ2n) is 4.22. The Bertz CT molecular complexity index is 373. The van der Waals surface area contributed by atoms with Gasteiger partial charge in [0.1, 0.15) is 4.88 Å². The molecule has 3 N–H and O–H groups in total. The minimum absolute atomic E-state index is 0.119. The second kappa shape index (κ2) is 5.21. The van der Waals surface area contributed by atoms with Crippen LogP contribution >= 0.6 is 11.3 Å². The first-order chi connectivity index (χ1) is 7.45. The molecule has 1 heterocycles. The maximum absolute atomic E-state index is 11.5. The van der Waals surface area contributed by atoms with Crippen LogP contribution < -0.4 is 16.0 Å². The molecule has 1 rings (SSSR count). The molecule has 0 aliphatic carbocycles. The average Bonchev–Trinajstić information content (AvgIpc) is 2.58. The van der Waals surface area contributed by atoms with E-state index in [1.807, 2.05) is 13.1 Å². The van der Waals surface area contributed by atoms with E-state index in [4.69, 9.17) is 5.73 Å². The summed E-state index contributed by atoms with van der Waals surface area (Å²) in [5.74, 6) is 0.462. The molecular formula is C11H19N3OS. The summed E-state index contributed by atoms with van der Waals surface area (Å²) in [5, 5.41) is 3.62. The molecule has 0 saturated carbocycles. The van der Waals surface area contributed by atoms with Crippen LogP contribution in [0.5, 0.6) is 0 Å². The zero-order valence-electron chi connectivity index (χ0n) is 10.2. The average molecular weight is 241 g/mol. The number of carbonyl (C=O) groups excluding carboxylic acids is 1. The van der Waals surface area contributed by atoms with Gasteiger partial charge in [-0.15, -0.1) is 11.3 Å². The Morgan fingerprint density at radius 1 is 1.62 bits per heavy atom. The van der Waals surface area contributed by atoms with Crippen molar-refractivity contribution in [2.24, 2.45) is 5.92 Å². The van der Waals surface area contributed by atoms with Crippen LogP contribution in [0.2, 0.25) is 0 Å². The van der Waals surface area contributed by atoms with Gasteiger partial charge in [0.25, 0.3) is 5.91 Å². The lowest BCUT2D eigenvalue weighted by atomic mass is 10.2. The van der Waals surface area contributed by atoms with Crippen LogP contribution in [-0.4, -0.2) is 26.5 Å². The Balaban J connectivity index is 2.87. The van der Waals surface area contributed by atoms with E-state index in [2.05, 4.69) is 24.1 Å². The maximum Gasteiger partial charge on any atom is 0.263 e. The highest BCUT2D eigenvalue weighted by molar-refractivity contribution is 7.18. The van der Waals surface area contributed by atoms with Crippen molar-refractivity contribution in [2.75, 3.05) is 31.3 Å². The minimum atomic E-state index is -0.119. The number of hydrogen-bond acceptors (Lipinski definition) is 4. The van der Waals surface area contributed by atoms with Crippen molar-refractivity contribution in [1.82, 2.24) is 5.32 Å². The molecule has 0 aliphatic rings. The van der Waals surface area contributed by atoms with Gasteiger partial charge in [-0.1, -0.05) is 13.8 Å². The van der Waals surface area contributed by atoms with Gasteiger partial charge in [-0.2, -0.15) is 0 Å². The number of hydrogen-bond donors (Lipinski definition) is 2. The molecule has 1 aromatic heterocycles. The molecule has 0 radical (unpaired) electrons. The molecule has 0 spiro atoms. The van der Waals surface area contributed by atoms with Crippen LogP contribution in [0.25, 0.3) is 0 Å². The molecule has 1 aromatic rings. The van der Waals surface area contributed by atoms with Gasteiger partial charge in [0.05, 0.1) is 10.7 Å². The summed E-state index contributed by atoms with van der Waals surface area (Å²) in [4.78, 5) is 14.2. The molecule has 0 saturated heterocycles. The number of thiophene rings is 1. The lowest BCUT2D eigenvalue weighted by molar-refractivity contribution is 0.0968. The van der Waals surface area contributed by atoms with E-state index < -0.39 is 0 Å². The van der Waals surface area contributed by atoms with Gasteiger partial charge in [0.2, 0.25) is 0 Å². The summed E-state index contributed by atoms with van der Waals surface area (Å²) in [7, 11) is 3.62. The molecule has 5 heteroatoms. The van der Waals surface area contributed by atoms with Crippen molar-refractivity contribution in [3.05, 3.63) is 10.9 Å². The molecule has 0 aliphatic heterocycles. The lowest BCUT2D eigenvalue weighted by Crippen LogP contribution is -2.21. The number of nitrogens with one attached hydrogen (secondary N) is 1. The van der Waals surface area contributed by atoms with Gasteiger partial charge in [0, 0.05) is 20.6 Å². The fourth-order valence-corrected chi connectivity index (χ4v) is 2.51. The third kappa shape index (κ3) is 2.88. The summed E-state index contributed by atoms with van der Waals surface area (Å²) in [6.45, 7) is 5.27. The largest absolute Gasteiger partial charge is 0.397 e. The molecule has 4 nitrogen and oxygen atoms in total. The monoisotopic (exact) mass is 241 g/mol. The Morgan fingerprint density at radius 2 is 2.25 bits per heavy atom. The summed E-state index contributed by atoms with van der Waals surface area (Å²) in [6, 6.07) is 1.86. The fourth-order valence-electron chi connectivity index (χ4n) is 1.51. The van der Waals surface area contributed by atoms with Crippen LogP contribution in [-0.2, 0) is 0 Å². The fraction of sp³-hybridized carbons (Fsp3) is 0.545. The van der Waals surface area contributed by atoms with Gasteiger partial charge in [0.15, 0.2) is 0 Å². The number of nitrogens with two attached hydrogens (primary N) is 1. The van der Waals surface area contributed by atoms with E-state index in [1.165, 1.54) is 11.3 Å². The third-order valence-corrected chi connectivity index (χ3v) is 3.46. The first-order valence-corrected chi connectivity index (χ1v) is 6.09. The number of anilines is 2. The van der Waals surface area contributed by atoms with Gasteiger partial charge >= 0.3 is 0 Å². The number of amides is 1. The normalized spacial score (nSPS) is 10.6. The van der Waals surface area contributed by atoms with E-state index in [9.17, 15) is 4.79 Å². The number of carbonyl (C=O) groups is 1. The number of nitrogens with zero attached hydrogens (tertiary/aromatic N) is 1. The Kier molecular flexibility index (Phi) is 4.18. The van der Waals surface area contributed by atoms with Crippen molar-refractivity contribution in [3.63, 3.8) is 0 Å². The first kappa shape index (κ1) is 12.8. The Labute approximate surface area is 100 Å². The molecular weight excluding hydrogens is 222 g/mol. The molecule has 0 bridgehead atoms. The third-order valence-electron chi connectivity index (χ3n) is 2.20. The van der Waals surface area contributed by atoms with Crippen molar-refractivity contribution in [3.8, 4) is 0 Å².